The largest absolute Gasteiger partial charge is 0.487 e. The molecule has 86 valence electrons. The first kappa shape index (κ1) is 12.4. The molecule has 0 spiro atoms. The van der Waals surface area contributed by atoms with Crippen LogP contribution in [0.1, 0.15) is 17.3 Å². The Morgan fingerprint density at radius 1 is 1.38 bits per heavy atom. The zero-order valence-electron chi connectivity index (χ0n) is 8.93. The van der Waals surface area contributed by atoms with Crippen LogP contribution in [0.4, 0.5) is 0 Å². The van der Waals surface area contributed by atoms with Gasteiger partial charge in [-0.15, -0.1) is 0 Å². The molecule has 2 N–H and O–H groups in total. The third-order valence-corrected chi connectivity index (χ3v) is 1.86. The minimum atomic E-state index is -0.344. The fourth-order valence-electron chi connectivity index (χ4n) is 1.06. The van der Waals surface area contributed by atoms with Crippen molar-refractivity contribution in [3.8, 4) is 5.75 Å². The van der Waals surface area contributed by atoms with E-state index in [2.05, 4.69) is 12.2 Å². The van der Waals surface area contributed by atoms with Gasteiger partial charge in [0.15, 0.2) is 0 Å². The highest BCUT2D eigenvalue weighted by Crippen LogP contribution is 2.12. The summed E-state index contributed by atoms with van der Waals surface area (Å²) in [5, 5.41) is 0. The van der Waals surface area contributed by atoms with Crippen molar-refractivity contribution >= 4 is 23.2 Å². The molecule has 0 aliphatic carbocycles. The Hall–Kier alpha value is -1.62. The number of hydrogen-bond donors (Lipinski definition) is 1. The van der Waals surface area contributed by atoms with Crippen molar-refractivity contribution in [2.45, 2.75) is 6.92 Å². The van der Waals surface area contributed by atoms with Gasteiger partial charge in [0.1, 0.15) is 17.3 Å². The first-order chi connectivity index (χ1) is 7.63. The zero-order chi connectivity index (χ0) is 12.0. The highest BCUT2D eigenvalue weighted by molar-refractivity contribution is 7.80. The van der Waals surface area contributed by atoms with Crippen LogP contribution in [0.2, 0.25) is 0 Å². The molecular formula is C11H13NO3S. The molecule has 0 saturated heterocycles. The van der Waals surface area contributed by atoms with Crippen molar-refractivity contribution in [2.24, 2.45) is 5.73 Å². The smallest absolute Gasteiger partial charge is 0.338 e. The number of esters is 1. The molecule has 0 saturated carbocycles. The average molecular weight is 239 g/mol. The fourth-order valence-corrected chi connectivity index (χ4v) is 1.12. The predicted octanol–water partition coefficient (Wildman–Crippen LogP) is 1.53. The van der Waals surface area contributed by atoms with Crippen LogP contribution in [-0.4, -0.2) is 24.2 Å². The number of carbonyl (C=O) groups excluding carboxylic acids is 1. The van der Waals surface area contributed by atoms with E-state index in [-0.39, 0.29) is 17.6 Å². The van der Waals surface area contributed by atoms with Crippen LogP contribution in [0, 0.1) is 0 Å². The van der Waals surface area contributed by atoms with Crippen LogP contribution in [-0.2, 0) is 4.74 Å². The van der Waals surface area contributed by atoms with Gasteiger partial charge in [-0.3, -0.25) is 0 Å². The number of thiocarbonyl (C=S) groups is 1. The third-order valence-electron chi connectivity index (χ3n) is 1.75. The lowest BCUT2D eigenvalue weighted by molar-refractivity contribution is 0.0526. The topological polar surface area (TPSA) is 61.5 Å². The second-order valence-electron chi connectivity index (χ2n) is 3.00. The summed E-state index contributed by atoms with van der Waals surface area (Å²) in [5.41, 5.74) is 5.78. The molecular weight excluding hydrogens is 226 g/mol. The van der Waals surface area contributed by atoms with E-state index in [9.17, 15) is 4.79 Å². The van der Waals surface area contributed by atoms with Gasteiger partial charge in [0.25, 0.3) is 0 Å². The van der Waals surface area contributed by atoms with Crippen LogP contribution < -0.4 is 10.5 Å². The standard InChI is InChI=1S/C11H13NO3S/c1-2-14-11(13)8-3-5-9(6-4-8)15-7-10(12)16/h3-6H,2,7H2,1H3,(H2,12,16). The van der Waals surface area contributed by atoms with Crippen molar-refractivity contribution in [1.29, 1.82) is 0 Å². The number of hydrogen-bond acceptors (Lipinski definition) is 4. The van der Waals surface area contributed by atoms with Crippen molar-refractivity contribution in [2.75, 3.05) is 13.2 Å². The Kier molecular flexibility index (Phi) is 4.72. The van der Waals surface area contributed by atoms with Gasteiger partial charge >= 0.3 is 5.97 Å². The second-order valence-corrected chi connectivity index (χ2v) is 3.52. The van der Waals surface area contributed by atoms with Crippen LogP contribution in [0.15, 0.2) is 24.3 Å². The van der Waals surface area contributed by atoms with Crippen molar-refractivity contribution in [3.05, 3.63) is 29.8 Å². The summed E-state index contributed by atoms with van der Waals surface area (Å²) in [6.07, 6.45) is 0. The molecule has 0 fully saturated rings. The minimum absolute atomic E-state index is 0.189. The fraction of sp³-hybridized carbons (Fsp3) is 0.273. The summed E-state index contributed by atoms with van der Waals surface area (Å²) >= 11 is 4.68. The maximum atomic E-state index is 11.3. The number of nitrogens with two attached hydrogens (primary N) is 1. The van der Waals surface area contributed by atoms with E-state index in [1.165, 1.54) is 0 Å². The average Bonchev–Trinajstić information content (AvgIpc) is 2.27. The van der Waals surface area contributed by atoms with Gasteiger partial charge in [0, 0.05) is 0 Å². The lowest BCUT2D eigenvalue weighted by Gasteiger charge is -2.05. The molecule has 0 atom stereocenters. The first-order valence-corrected chi connectivity index (χ1v) is 5.22. The summed E-state index contributed by atoms with van der Waals surface area (Å²) in [6.45, 7) is 2.31. The minimum Gasteiger partial charge on any atom is -0.487 e. The van der Waals surface area contributed by atoms with E-state index >= 15 is 0 Å². The molecule has 5 heteroatoms. The maximum absolute atomic E-state index is 11.3. The summed E-state index contributed by atoms with van der Waals surface area (Å²) in [5.74, 6) is 0.268. The highest BCUT2D eigenvalue weighted by atomic mass is 32.1. The molecule has 0 bridgehead atoms. The van der Waals surface area contributed by atoms with Gasteiger partial charge in [-0.25, -0.2) is 4.79 Å². The van der Waals surface area contributed by atoms with Crippen LogP contribution in [0.3, 0.4) is 0 Å². The molecule has 0 radical (unpaired) electrons. The van der Waals surface area contributed by atoms with Gasteiger partial charge in [-0.2, -0.15) is 0 Å². The lowest BCUT2D eigenvalue weighted by atomic mass is 10.2. The Morgan fingerprint density at radius 2 is 2.00 bits per heavy atom. The predicted molar refractivity (Wildman–Crippen MR) is 64.7 cm³/mol. The van der Waals surface area contributed by atoms with Crippen LogP contribution in [0.25, 0.3) is 0 Å². The summed E-state index contributed by atoms with van der Waals surface area (Å²) in [4.78, 5) is 11.6. The quantitative estimate of drug-likeness (QED) is 0.623. The number of benzene rings is 1. The summed E-state index contributed by atoms with van der Waals surface area (Å²) in [7, 11) is 0. The summed E-state index contributed by atoms with van der Waals surface area (Å²) < 4.78 is 10.1. The number of carbonyl (C=O) groups is 1. The van der Waals surface area contributed by atoms with E-state index < -0.39 is 0 Å². The SMILES string of the molecule is CCOC(=O)c1ccc(OCC(N)=S)cc1. The van der Waals surface area contributed by atoms with Crippen molar-refractivity contribution in [3.63, 3.8) is 0 Å². The lowest BCUT2D eigenvalue weighted by Crippen LogP contribution is -2.17. The van der Waals surface area contributed by atoms with Gasteiger partial charge in [0.05, 0.1) is 12.2 Å². The van der Waals surface area contributed by atoms with E-state index in [0.717, 1.165) is 0 Å². The van der Waals surface area contributed by atoms with Crippen molar-refractivity contribution < 1.29 is 14.3 Å². The normalized spacial score (nSPS) is 9.56. The molecule has 0 amide bonds. The molecule has 4 nitrogen and oxygen atoms in total. The Morgan fingerprint density at radius 3 is 2.50 bits per heavy atom. The zero-order valence-corrected chi connectivity index (χ0v) is 9.75. The second kappa shape index (κ2) is 6.07. The van der Waals surface area contributed by atoms with Crippen LogP contribution >= 0.6 is 12.2 Å². The van der Waals surface area contributed by atoms with E-state index in [0.29, 0.717) is 17.9 Å². The molecule has 0 aliphatic rings. The number of ether oxygens (including phenoxy) is 2. The number of rotatable bonds is 5. The van der Waals surface area contributed by atoms with E-state index in [1.807, 2.05) is 0 Å². The highest BCUT2D eigenvalue weighted by Gasteiger charge is 2.05. The van der Waals surface area contributed by atoms with E-state index in [4.69, 9.17) is 15.2 Å². The maximum Gasteiger partial charge on any atom is 0.338 e. The molecule has 1 aromatic rings. The van der Waals surface area contributed by atoms with Gasteiger partial charge in [0.2, 0.25) is 0 Å². The summed E-state index contributed by atoms with van der Waals surface area (Å²) in [6, 6.07) is 6.61. The molecule has 0 aromatic heterocycles. The van der Waals surface area contributed by atoms with Gasteiger partial charge < -0.3 is 15.2 Å². The van der Waals surface area contributed by atoms with Gasteiger partial charge in [-0.05, 0) is 31.2 Å². The molecule has 0 unspecified atom stereocenters. The molecule has 16 heavy (non-hydrogen) atoms. The Balaban J connectivity index is 2.60. The van der Waals surface area contributed by atoms with Gasteiger partial charge in [-0.1, -0.05) is 12.2 Å². The van der Waals surface area contributed by atoms with Crippen molar-refractivity contribution in [1.82, 2.24) is 0 Å². The molecule has 0 heterocycles. The van der Waals surface area contributed by atoms with Crippen LogP contribution in [0.5, 0.6) is 5.75 Å². The monoisotopic (exact) mass is 239 g/mol. The van der Waals surface area contributed by atoms with E-state index in [1.54, 1.807) is 31.2 Å². The third kappa shape index (κ3) is 3.86. The first-order valence-electron chi connectivity index (χ1n) is 4.81. The Labute approximate surface area is 99.3 Å². The Bertz CT molecular complexity index is 375. The molecule has 1 aromatic carbocycles. The molecule has 0 aliphatic heterocycles. The molecule has 1 rings (SSSR count).